The fraction of sp³-hybridized carbons (Fsp3) is 0.333. The molecule has 1 amide bonds. The molecule has 0 spiro atoms. The predicted octanol–water partition coefficient (Wildman–Crippen LogP) is 0.819. The minimum atomic E-state index is -1.38. The molecule has 9 nitrogen and oxygen atoms in total. The summed E-state index contributed by atoms with van der Waals surface area (Å²) >= 11 is 0.934. The number of carboxylic acids is 1. The molecular weight excluding hydrogens is 418 g/mol. The van der Waals surface area contributed by atoms with Crippen LogP contribution < -0.4 is 25.4 Å². The number of likely N-dealkylation sites (N-methyl/N-ethyl adjacent to an activating group) is 1. The first-order valence-electron chi connectivity index (χ1n) is 9.80. The summed E-state index contributed by atoms with van der Waals surface area (Å²) in [5.74, 6) is -1.49. The highest BCUT2D eigenvalue weighted by atomic mass is 32.1. The fourth-order valence-corrected chi connectivity index (χ4v) is 3.95. The molecule has 164 valence electrons. The summed E-state index contributed by atoms with van der Waals surface area (Å²) in [6, 6.07) is 8.67. The lowest BCUT2D eigenvalue weighted by Gasteiger charge is -2.17. The first-order chi connectivity index (χ1) is 14.8. The average Bonchev–Trinajstić information content (AvgIpc) is 3.06. The molecule has 2 aromatic rings. The number of carbonyl (C=O) groups is 2. The van der Waals surface area contributed by atoms with Gasteiger partial charge in [-0.3, -0.25) is 19.1 Å². The van der Waals surface area contributed by atoms with E-state index in [0.29, 0.717) is 17.9 Å². The third-order valence-electron chi connectivity index (χ3n) is 4.54. The quantitative estimate of drug-likeness (QED) is 0.523. The number of nitrogens with zero attached hydrogens (tertiary/aromatic N) is 3. The van der Waals surface area contributed by atoms with Crippen molar-refractivity contribution in [2.24, 2.45) is 0 Å². The monoisotopic (exact) mass is 443 g/mol. The zero-order valence-corrected chi connectivity index (χ0v) is 18.5. The summed E-state index contributed by atoms with van der Waals surface area (Å²) < 4.78 is 1.63. The minimum absolute atomic E-state index is 0.105. The summed E-state index contributed by atoms with van der Waals surface area (Å²) in [6.07, 6.45) is 1.47. The lowest BCUT2D eigenvalue weighted by atomic mass is 10.2. The van der Waals surface area contributed by atoms with Gasteiger partial charge in [-0.25, -0.2) is 4.79 Å². The number of rotatable bonds is 9. The Bertz CT molecular complexity index is 1170. The molecule has 0 aliphatic carbocycles. The Kier molecular flexibility index (Phi) is 8.54. The molecule has 31 heavy (non-hydrogen) atoms. The van der Waals surface area contributed by atoms with Gasteiger partial charge in [-0.05, 0) is 38.2 Å². The lowest BCUT2D eigenvalue weighted by Crippen LogP contribution is -2.32. The maximum atomic E-state index is 12.6. The minimum Gasteiger partial charge on any atom is -0.477 e. The van der Waals surface area contributed by atoms with Crippen molar-refractivity contribution in [3.63, 3.8) is 0 Å². The van der Waals surface area contributed by atoms with Crippen molar-refractivity contribution in [3.05, 3.63) is 43.8 Å². The number of nitriles is 1. The van der Waals surface area contributed by atoms with Gasteiger partial charge in [-0.2, -0.15) is 5.26 Å². The molecule has 0 atom stereocenters. The Hall–Kier alpha value is -3.42. The lowest BCUT2D eigenvalue weighted by molar-refractivity contribution is -0.130. The summed E-state index contributed by atoms with van der Waals surface area (Å²) in [5, 5.41) is 24.2. The molecule has 10 heteroatoms. The first-order valence-corrected chi connectivity index (χ1v) is 10.6. The Morgan fingerprint density at radius 3 is 2.52 bits per heavy atom. The molecule has 0 fully saturated rings. The molecule has 0 bridgehead atoms. The highest BCUT2D eigenvalue weighted by molar-refractivity contribution is 7.07. The molecule has 0 radical (unpaired) electrons. The van der Waals surface area contributed by atoms with Crippen LogP contribution in [0.5, 0.6) is 0 Å². The zero-order chi connectivity index (χ0) is 23.0. The number of hydrogen-bond acceptors (Lipinski definition) is 7. The molecule has 1 aromatic carbocycles. The molecule has 0 aliphatic heterocycles. The Morgan fingerprint density at radius 2 is 1.94 bits per heavy atom. The van der Waals surface area contributed by atoms with Crippen molar-refractivity contribution < 1.29 is 14.7 Å². The first kappa shape index (κ1) is 23.9. The van der Waals surface area contributed by atoms with E-state index in [1.54, 1.807) is 37.3 Å². The van der Waals surface area contributed by atoms with Gasteiger partial charge in [0.15, 0.2) is 5.57 Å². The van der Waals surface area contributed by atoms with Crippen LogP contribution in [0.3, 0.4) is 0 Å². The number of nitrogens with one attached hydrogen (secondary N) is 2. The van der Waals surface area contributed by atoms with Gasteiger partial charge in [-0.15, -0.1) is 11.3 Å². The SMILES string of the molecule is CCN(CC)CC(=O)Nc1cccc(N/C=c2/s/c(=C(/C#N)C(=O)O)n(CC)c2=O)c1. The van der Waals surface area contributed by atoms with Crippen molar-refractivity contribution in [1.82, 2.24) is 9.47 Å². The zero-order valence-electron chi connectivity index (χ0n) is 17.6. The van der Waals surface area contributed by atoms with E-state index in [2.05, 4.69) is 10.6 Å². The molecule has 1 heterocycles. The van der Waals surface area contributed by atoms with E-state index >= 15 is 0 Å². The largest absolute Gasteiger partial charge is 0.477 e. The number of benzene rings is 1. The van der Waals surface area contributed by atoms with E-state index in [1.807, 2.05) is 18.7 Å². The number of anilines is 2. The summed E-state index contributed by atoms with van der Waals surface area (Å²) in [6.45, 7) is 7.80. The van der Waals surface area contributed by atoms with Crippen molar-refractivity contribution in [2.45, 2.75) is 27.3 Å². The Labute approximate surface area is 183 Å². The van der Waals surface area contributed by atoms with Crippen LogP contribution in [0.1, 0.15) is 20.8 Å². The normalized spacial score (nSPS) is 12.4. The van der Waals surface area contributed by atoms with Crippen molar-refractivity contribution >= 4 is 46.4 Å². The fourth-order valence-electron chi connectivity index (χ4n) is 2.87. The van der Waals surface area contributed by atoms with Crippen LogP contribution in [0.4, 0.5) is 11.4 Å². The number of aliphatic carboxylic acids is 1. The van der Waals surface area contributed by atoms with Crippen LogP contribution in [0, 0.1) is 11.3 Å². The molecule has 3 N–H and O–H groups in total. The Balaban J connectivity index is 2.30. The van der Waals surface area contributed by atoms with Gasteiger partial charge in [0, 0.05) is 24.1 Å². The van der Waals surface area contributed by atoms with Crippen molar-refractivity contribution in [3.8, 4) is 6.07 Å². The highest BCUT2D eigenvalue weighted by Crippen LogP contribution is 2.15. The van der Waals surface area contributed by atoms with Crippen LogP contribution in [-0.4, -0.2) is 46.1 Å². The summed E-state index contributed by atoms with van der Waals surface area (Å²) in [4.78, 5) is 38.1. The molecule has 2 rings (SSSR count). The van der Waals surface area contributed by atoms with Crippen LogP contribution in [-0.2, 0) is 16.1 Å². The number of hydrogen-bond donors (Lipinski definition) is 3. The second-order valence-electron chi connectivity index (χ2n) is 6.49. The van der Waals surface area contributed by atoms with E-state index in [4.69, 9.17) is 5.26 Å². The number of thiazole rings is 1. The number of carboxylic acid groups (broad SMARTS) is 1. The second kappa shape index (κ2) is 11.1. The second-order valence-corrected chi connectivity index (χ2v) is 7.52. The van der Waals surface area contributed by atoms with Gasteiger partial charge < -0.3 is 15.7 Å². The van der Waals surface area contributed by atoms with Gasteiger partial charge in [0.05, 0.1) is 6.54 Å². The predicted molar refractivity (Wildman–Crippen MR) is 121 cm³/mol. The molecular formula is C21H25N5O4S. The van der Waals surface area contributed by atoms with Gasteiger partial charge in [0.2, 0.25) is 5.91 Å². The third-order valence-corrected chi connectivity index (χ3v) is 5.67. The van der Waals surface area contributed by atoms with Crippen LogP contribution in [0.25, 0.3) is 11.8 Å². The highest BCUT2D eigenvalue weighted by Gasteiger charge is 2.13. The molecule has 0 saturated carbocycles. The summed E-state index contributed by atoms with van der Waals surface area (Å²) in [7, 11) is 0. The Morgan fingerprint density at radius 1 is 1.26 bits per heavy atom. The van der Waals surface area contributed by atoms with Gasteiger partial charge >= 0.3 is 5.97 Å². The number of carbonyl (C=O) groups excluding carboxylic acids is 1. The number of amides is 1. The van der Waals surface area contributed by atoms with Gasteiger partial charge in [0.1, 0.15) is 15.3 Å². The smallest absolute Gasteiger partial charge is 0.349 e. The van der Waals surface area contributed by atoms with E-state index in [1.165, 1.54) is 10.8 Å². The summed E-state index contributed by atoms with van der Waals surface area (Å²) in [5.41, 5.74) is 0.398. The van der Waals surface area contributed by atoms with E-state index in [9.17, 15) is 19.5 Å². The number of aromatic nitrogens is 1. The third kappa shape index (κ3) is 6.04. The van der Waals surface area contributed by atoms with Crippen LogP contribution >= 0.6 is 11.3 Å². The molecule has 0 unspecified atom stereocenters. The van der Waals surface area contributed by atoms with Crippen molar-refractivity contribution in [2.75, 3.05) is 30.3 Å². The van der Waals surface area contributed by atoms with E-state index < -0.39 is 11.5 Å². The maximum Gasteiger partial charge on any atom is 0.349 e. The van der Waals surface area contributed by atoms with Crippen LogP contribution in [0.2, 0.25) is 0 Å². The average molecular weight is 444 g/mol. The molecule has 0 saturated heterocycles. The van der Waals surface area contributed by atoms with E-state index in [0.717, 1.165) is 24.4 Å². The van der Waals surface area contributed by atoms with Crippen LogP contribution in [0.15, 0.2) is 29.1 Å². The van der Waals surface area contributed by atoms with Gasteiger partial charge in [0.25, 0.3) is 5.56 Å². The standard InChI is InChI=1S/C21H25N5O4S/c1-4-25(5-2)13-18(27)24-15-9-7-8-14(10-15)23-12-17-19(28)26(6-3)20(31-17)16(11-22)21(29)30/h7-10,12,23H,4-6,13H2,1-3H3,(H,24,27)(H,29,30)/b17-12+,20-16-. The maximum absolute atomic E-state index is 12.6. The van der Waals surface area contributed by atoms with Crippen molar-refractivity contribution in [1.29, 1.82) is 5.26 Å². The van der Waals surface area contributed by atoms with Gasteiger partial charge in [-0.1, -0.05) is 19.9 Å². The molecule has 0 aliphatic rings. The topological polar surface area (TPSA) is 127 Å². The van der Waals surface area contributed by atoms with E-state index in [-0.39, 0.29) is 27.2 Å². The molecule has 1 aromatic heterocycles.